The summed E-state index contributed by atoms with van der Waals surface area (Å²) in [6, 6.07) is -4.84. The summed E-state index contributed by atoms with van der Waals surface area (Å²) in [7, 11) is 0. The van der Waals surface area contributed by atoms with E-state index >= 15 is 0 Å². The molecule has 2 rings (SSSR count). The normalized spacial score (nSPS) is 29.7. The van der Waals surface area contributed by atoms with Gasteiger partial charge in [-0.1, -0.05) is 49.1 Å². The van der Waals surface area contributed by atoms with Crippen LogP contribution in [0.1, 0.15) is 95.4 Å². The van der Waals surface area contributed by atoms with Gasteiger partial charge in [0.15, 0.2) is 0 Å². The van der Waals surface area contributed by atoms with Gasteiger partial charge in [-0.2, -0.15) is 0 Å². The molecule has 5 heteroatoms. The van der Waals surface area contributed by atoms with Crippen LogP contribution in [-0.2, 0) is 17.7 Å². The fraction of sp³-hybridized carbons (Fsp3) is 0.520. The van der Waals surface area contributed by atoms with Crippen molar-refractivity contribution in [1.29, 1.82) is 0 Å². The average molecular weight is 441 g/mol. The van der Waals surface area contributed by atoms with Gasteiger partial charge in [0.1, 0.15) is 5.75 Å². The molecular weight excluding hydrogens is 378 g/mol. The molecule has 0 aliphatic heterocycles. The molecule has 0 spiro atoms. The third kappa shape index (κ3) is 9.72. The quantitative estimate of drug-likeness (QED) is 0.316. The first-order chi connectivity index (χ1) is 24.1. The molecule has 0 amide bonds. The zero-order valence-corrected chi connectivity index (χ0v) is 15.5. The van der Waals surface area contributed by atoms with Crippen molar-refractivity contribution in [2.24, 2.45) is 0 Å². The van der Waals surface area contributed by atoms with E-state index in [0.29, 0.717) is 0 Å². The van der Waals surface area contributed by atoms with Gasteiger partial charge in [0.2, 0.25) is 0 Å². The molecule has 2 aromatic rings. The zero-order chi connectivity index (χ0) is 43.7. The topological polar surface area (TPSA) is 82.0 Å². The Morgan fingerprint density at radius 1 is 1.10 bits per heavy atom. The minimum absolute atomic E-state index is 0.394. The molecule has 5 nitrogen and oxygen atoms in total. The maximum absolute atomic E-state index is 10.9. The summed E-state index contributed by atoms with van der Waals surface area (Å²) >= 11 is 0. The van der Waals surface area contributed by atoms with Crippen molar-refractivity contribution in [3.05, 3.63) is 65.1 Å². The van der Waals surface area contributed by atoms with Crippen LogP contribution >= 0.6 is 0 Å². The van der Waals surface area contributed by atoms with E-state index in [1.165, 1.54) is 5.32 Å². The molecule has 0 heterocycles. The second-order valence-electron chi connectivity index (χ2n) is 5.10. The summed E-state index contributed by atoms with van der Waals surface area (Å²) < 4.78 is 206. The van der Waals surface area contributed by atoms with E-state index < -0.39 is 142 Å². The largest absolute Gasteiger partial charge is 0.508 e. The monoisotopic (exact) mass is 440 g/mol. The molecule has 0 aromatic heterocycles. The highest BCUT2D eigenvalue weighted by Crippen LogP contribution is 2.22. The number of hydrogen-bond acceptors (Lipinski definition) is 5. The van der Waals surface area contributed by atoms with Crippen molar-refractivity contribution in [1.82, 2.24) is 5.32 Å². The molecule has 0 saturated carbocycles. The Labute approximate surface area is 215 Å². The Kier molecular flexibility index (Phi) is 3.51. The zero-order valence-electron chi connectivity index (χ0n) is 40.5. The van der Waals surface area contributed by atoms with Crippen LogP contribution in [-0.4, -0.2) is 41.5 Å². The van der Waals surface area contributed by atoms with Gasteiger partial charge in [0.05, 0.1) is 27.7 Å². The SMILES string of the molecule is [2H]c1cc([2H])c(C([2H])([2H])C([2H])([2H])C([2H])([2H])COC([2H])([2H])C([2H])([2H])CCC([2H])([2H])C([2H])([2H])NC([2H])([2H])C([2H])(O)c2c([2H])c([2H])c(O)c(C([2H])([2H])O)c2[2H])c([2H])c1. The van der Waals surface area contributed by atoms with Crippen LogP contribution in [0.3, 0.4) is 0 Å². The molecule has 0 aliphatic carbocycles. The van der Waals surface area contributed by atoms with Crippen LogP contribution in [0.25, 0.3) is 0 Å². The number of nitrogens with one attached hydrogen (secondary N) is 1. The minimum Gasteiger partial charge on any atom is -0.508 e. The van der Waals surface area contributed by atoms with Crippen molar-refractivity contribution >= 4 is 0 Å². The standard InChI is InChI=1S/C25H37NO4/c27-20-23-18-22(13-14-24(23)28)25(29)19-26-15-7-1-2-8-16-30-17-9-6-12-21-10-4-3-5-11-21/h3-5,10-11,13-14,18,25-29H,1-2,6-9,12,15-17,19-20H2/i3D,6D2,7D2,8D2,9D2,10D,11D,12D2,13D,14D,15D2,16D2,18D,19D2,20D2,25D. The average Bonchev–Trinajstić information content (AvgIpc) is 2.95. The molecule has 1 unspecified atom stereocenters. The highest BCUT2D eigenvalue weighted by molar-refractivity contribution is 5.36. The first-order valence-electron chi connectivity index (χ1n) is 20.9. The van der Waals surface area contributed by atoms with E-state index in [2.05, 4.69) is 0 Å². The third-order valence-electron chi connectivity index (χ3n) is 3.01. The van der Waals surface area contributed by atoms with E-state index in [9.17, 15) is 15.3 Å². The molecule has 0 fully saturated rings. The van der Waals surface area contributed by atoms with E-state index in [1.54, 1.807) is 0 Å². The summed E-state index contributed by atoms with van der Waals surface area (Å²) in [6.45, 7) is -16.8. The molecule has 1 atom stereocenters. The third-order valence-corrected chi connectivity index (χ3v) is 3.01. The number of hydrogen-bond donors (Lipinski definition) is 4. The number of aromatic hydroxyl groups is 1. The fourth-order valence-electron chi connectivity index (χ4n) is 1.68. The molecule has 4 N–H and O–H groups in total. The van der Waals surface area contributed by atoms with Crippen molar-refractivity contribution in [3.8, 4) is 5.75 Å². The molecule has 30 heavy (non-hydrogen) atoms. The molecule has 166 valence electrons. The van der Waals surface area contributed by atoms with Gasteiger partial charge in [-0.25, -0.2) is 0 Å². The number of aliphatic hydroxyl groups is 2. The van der Waals surface area contributed by atoms with Crippen molar-refractivity contribution in [3.63, 3.8) is 0 Å². The predicted octanol–water partition coefficient (Wildman–Crippen LogP) is 4.11. The molecule has 0 radical (unpaired) electrons. The summed E-state index contributed by atoms with van der Waals surface area (Å²) in [6.07, 6.45) is -24.5. The van der Waals surface area contributed by atoms with Crippen molar-refractivity contribution < 1.29 is 54.3 Å². The Morgan fingerprint density at radius 2 is 1.90 bits per heavy atom. The highest BCUT2D eigenvalue weighted by atomic mass is 16.5. The number of ether oxygens (including phenoxy) is 1. The Bertz CT molecular complexity index is 1730. The highest BCUT2D eigenvalue weighted by Gasteiger charge is 2.09. The van der Waals surface area contributed by atoms with Gasteiger partial charge in [-0.05, 0) is 61.6 Å². The minimum atomic E-state index is -4.08. The number of phenols is 1. The van der Waals surface area contributed by atoms with Gasteiger partial charge in [0.25, 0.3) is 0 Å². The summed E-state index contributed by atoms with van der Waals surface area (Å²) in [4.78, 5) is 0. The van der Waals surface area contributed by atoms with Gasteiger partial charge in [-0.3, -0.25) is 0 Å². The predicted molar refractivity (Wildman–Crippen MR) is 121 cm³/mol. The molecule has 0 aliphatic rings. The number of rotatable bonds is 16. The van der Waals surface area contributed by atoms with Crippen LogP contribution < -0.4 is 5.32 Å². The summed E-state index contributed by atoms with van der Waals surface area (Å²) in [5.74, 6) is -1.47. The van der Waals surface area contributed by atoms with E-state index in [0.717, 1.165) is 12.1 Å². The first kappa shape index (κ1) is 7.04. The van der Waals surface area contributed by atoms with Crippen LogP contribution in [0.5, 0.6) is 5.75 Å². The van der Waals surface area contributed by atoms with Crippen LogP contribution in [0.15, 0.2) is 48.4 Å². The van der Waals surface area contributed by atoms with Crippen molar-refractivity contribution in [2.45, 2.75) is 57.3 Å². The molecule has 0 bridgehead atoms. The lowest BCUT2D eigenvalue weighted by Crippen LogP contribution is -2.22. The lowest BCUT2D eigenvalue weighted by atomic mass is 10.1. The van der Waals surface area contributed by atoms with E-state index in [1.807, 2.05) is 0 Å². The van der Waals surface area contributed by atoms with Crippen LogP contribution in [0.4, 0.5) is 0 Å². The van der Waals surface area contributed by atoms with Gasteiger partial charge in [-0.15, -0.1) is 0 Å². The van der Waals surface area contributed by atoms with Gasteiger partial charge in [0, 0.05) is 44.4 Å². The maximum atomic E-state index is 10.9. The lowest BCUT2D eigenvalue weighted by Gasteiger charge is -2.14. The van der Waals surface area contributed by atoms with E-state index in [4.69, 9.17) is 39.0 Å². The van der Waals surface area contributed by atoms with Gasteiger partial charge < -0.3 is 25.4 Å². The van der Waals surface area contributed by atoms with Crippen molar-refractivity contribution in [2.75, 3.05) is 26.2 Å². The Hall–Kier alpha value is -1.92. The van der Waals surface area contributed by atoms with Crippen LogP contribution in [0, 0.1) is 0 Å². The smallest absolute Gasteiger partial charge is 0.121 e. The second kappa shape index (κ2) is 15.0. The number of benzene rings is 2. The Morgan fingerprint density at radius 3 is 2.70 bits per heavy atom. The van der Waals surface area contributed by atoms with E-state index in [-0.39, 0.29) is 0 Å². The lowest BCUT2D eigenvalue weighted by molar-refractivity contribution is 0.126. The summed E-state index contributed by atoms with van der Waals surface area (Å²) in [5.41, 5.74) is -3.98. The summed E-state index contributed by atoms with van der Waals surface area (Å²) in [5, 5.41) is 32.0. The molecular formula is C25H37NO4. The molecule has 2 aromatic carbocycles. The molecule has 0 saturated heterocycles. The Balaban J connectivity index is 2.36. The maximum Gasteiger partial charge on any atom is 0.121 e. The second-order valence-corrected chi connectivity index (χ2v) is 5.10. The van der Waals surface area contributed by atoms with Crippen LogP contribution in [0.2, 0.25) is 0 Å². The van der Waals surface area contributed by atoms with Gasteiger partial charge >= 0.3 is 0 Å². The fourth-order valence-corrected chi connectivity index (χ4v) is 1.68. The first-order valence-corrected chi connectivity index (χ1v) is 8.38.